The van der Waals surface area contributed by atoms with E-state index < -0.39 is 0 Å². The normalized spacial score (nSPS) is 9.75. The van der Waals surface area contributed by atoms with Crippen LogP contribution in [0.5, 0.6) is 0 Å². The summed E-state index contributed by atoms with van der Waals surface area (Å²) in [5, 5.41) is 13.9. The molecule has 1 heterocycles. The van der Waals surface area contributed by atoms with Crippen LogP contribution in [-0.2, 0) is 6.54 Å². The van der Waals surface area contributed by atoms with Crippen molar-refractivity contribution in [3.63, 3.8) is 0 Å². The molecule has 0 spiro atoms. The van der Waals surface area contributed by atoms with Crippen LogP contribution < -0.4 is 5.32 Å². The van der Waals surface area contributed by atoms with E-state index in [0.717, 1.165) is 27.1 Å². The molecular weight excluding hydrogens is 284 g/mol. The van der Waals surface area contributed by atoms with Crippen molar-refractivity contribution in [3.05, 3.63) is 50.6 Å². The number of nitrogens with one attached hydrogen (secondary N) is 1. The van der Waals surface area contributed by atoms with Crippen molar-refractivity contribution in [1.82, 2.24) is 0 Å². The summed E-state index contributed by atoms with van der Waals surface area (Å²) in [6.07, 6.45) is 0. The molecule has 0 bridgehead atoms. The summed E-state index contributed by atoms with van der Waals surface area (Å²) < 4.78 is 1.06. The Morgan fingerprint density at radius 2 is 2.25 bits per heavy atom. The number of anilines is 1. The number of thiophene rings is 1. The second-order valence-electron chi connectivity index (χ2n) is 3.28. The number of rotatable bonds is 3. The van der Waals surface area contributed by atoms with E-state index in [1.165, 1.54) is 0 Å². The summed E-state index contributed by atoms with van der Waals surface area (Å²) >= 11 is 5.02. The smallest absolute Gasteiger partial charge is 0.100 e. The van der Waals surface area contributed by atoms with Gasteiger partial charge in [0.1, 0.15) is 6.07 Å². The number of benzene rings is 1. The lowest BCUT2D eigenvalue weighted by atomic mass is 10.3. The highest BCUT2D eigenvalue weighted by molar-refractivity contribution is 9.10. The second kappa shape index (κ2) is 5.15. The minimum Gasteiger partial charge on any atom is -0.380 e. The van der Waals surface area contributed by atoms with Gasteiger partial charge in [-0.15, -0.1) is 11.3 Å². The van der Waals surface area contributed by atoms with Crippen molar-refractivity contribution in [3.8, 4) is 6.07 Å². The molecule has 0 aliphatic carbocycles. The predicted molar refractivity (Wildman–Crippen MR) is 70.5 cm³/mol. The van der Waals surface area contributed by atoms with E-state index in [2.05, 4.69) is 27.3 Å². The quantitative estimate of drug-likeness (QED) is 0.928. The Bertz CT molecular complexity index is 528. The molecule has 0 atom stereocenters. The highest BCUT2D eigenvalue weighted by Crippen LogP contribution is 2.18. The van der Waals surface area contributed by atoms with Gasteiger partial charge in [0.25, 0.3) is 0 Å². The second-order valence-corrected chi connectivity index (χ2v) is 5.19. The van der Waals surface area contributed by atoms with Gasteiger partial charge < -0.3 is 5.32 Å². The molecule has 0 saturated heterocycles. The van der Waals surface area contributed by atoms with Crippen molar-refractivity contribution in [1.29, 1.82) is 5.26 Å². The topological polar surface area (TPSA) is 35.8 Å². The Kier molecular flexibility index (Phi) is 3.60. The average molecular weight is 293 g/mol. The first-order valence-corrected chi connectivity index (χ1v) is 6.42. The third-order valence-corrected chi connectivity index (χ3v) is 3.50. The fraction of sp³-hybridized carbons (Fsp3) is 0.0833. The van der Waals surface area contributed by atoms with Crippen LogP contribution in [0.3, 0.4) is 0 Å². The Labute approximate surface area is 107 Å². The van der Waals surface area contributed by atoms with E-state index in [-0.39, 0.29) is 0 Å². The van der Waals surface area contributed by atoms with Gasteiger partial charge in [0.15, 0.2) is 0 Å². The fourth-order valence-corrected chi connectivity index (χ4v) is 2.47. The molecule has 0 aliphatic rings. The van der Waals surface area contributed by atoms with Gasteiger partial charge in [-0.3, -0.25) is 0 Å². The molecule has 0 saturated carbocycles. The van der Waals surface area contributed by atoms with Gasteiger partial charge in [-0.1, -0.05) is 22.0 Å². The molecule has 2 aromatic rings. The van der Waals surface area contributed by atoms with Crippen LogP contribution in [0.2, 0.25) is 0 Å². The first-order valence-electron chi connectivity index (χ1n) is 4.75. The molecule has 0 fully saturated rings. The molecule has 4 heteroatoms. The summed E-state index contributed by atoms with van der Waals surface area (Å²) in [4.78, 5) is 1.16. The standard InChI is InChI=1S/C12H9BrN2S/c13-10-2-1-3-11(5-10)15-7-12-4-9(6-14)8-16-12/h1-5,8,15H,7H2. The lowest BCUT2D eigenvalue weighted by molar-refractivity contribution is 1.19. The van der Waals surface area contributed by atoms with E-state index in [1.807, 2.05) is 35.7 Å². The molecular formula is C12H9BrN2S. The third kappa shape index (κ3) is 2.84. The van der Waals surface area contributed by atoms with Gasteiger partial charge in [0.2, 0.25) is 0 Å². The maximum atomic E-state index is 8.70. The van der Waals surface area contributed by atoms with E-state index in [0.29, 0.717) is 0 Å². The molecule has 1 aromatic carbocycles. The van der Waals surface area contributed by atoms with Crippen molar-refractivity contribution in [2.45, 2.75) is 6.54 Å². The number of hydrogen-bond acceptors (Lipinski definition) is 3. The first-order chi connectivity index (χ1) is 7.78. The minimum absolute atomic E-state index is 0.732. The average Bonchev–Trinajstić information content (AvgIpc) is 2.74. The molecule has 0 radical (unpaired) electrons. The molecule has 0 aliphatic heterocycles. The van der Waals surface area contributed by atoms with Crippen molar-refractivity contribution >= 4 is 33.0 Å². The van der Waals surface area contributed by atoms with Gasteiger partial charge in [0, 0.05) is 27.0 Å². The van der Waals surface area contributed by atoms with Crippen molar-refractivity contribution in [2.24, 2.45) is 0 Å². The lowest BCUT2D eigenvalue weighted by Crippen LogP contribution is -1.96. The van der Waals surface area contributed by atoms with Crippen LogP contribution in [0, 0.1) is 11.3 Å². The summed E-state index contributed by atoms with van der Waals surface area (Å²) in [7, 11) is 0. The van der Waals surface area contributed by atoms with Gasteiger partial charge >= 0.3 is 0 Å². The molecule has 1 N–H and O–H groups in total. The van der Waals surface area contributed by atoms with E-state index in [4.69, 9.17) is 5.26 Å². The summed E-state index contributed by atoms with van der Waals surface area (Å²) in [5.74, 6) is 0. The van der Waals surface area contributed by atoms with Crippen LogP contribution in [0.25, 0.3) is 0 Å². The Balaban J connectivity index is 2.00. The number of hydrogen-bond donors (Lipinski definition) is 1. The van der Waals surface area contributed by atoms with Crippen LogP contribution in [0.15, 0.2) is 40.2 Å². The molecule has 2 nitrogen and oxygen atoms in total. The van der Waals surface area contributed by atoms with Crippen LogP contribution in [0.1, 0.15) is 10.4 Å². The monoisotopic (exact) mass is 292 g/mol. The minimum atomic E-state index is 0.732. The molecule has 80 valence electrons. The van der Waals surface area contributed by atoms with E-state index in [1.54, 1.807) is 11.3 Å². The van der Waals surface area contributed by atoms with Gasteiger partial charge in [-0.2, -0.15) is 5.26 Å². The number of nitrogens with zero attached hydrogens (tertiary/aromatic N) is 1. The molecule has 2 rings (SSSR count). The van der Waals surface area contributed by atoms with Crippen LogP contribution >= 0.6 is 27.3 Å². The van der Waals surface area contributed by atoms with Crippen LogP contribution in [-0.4, -0.2) is 0 Å². The van der Waals surface area contributed by atoms with Crippen LogP contribution in [0.4, 0.5) is 5.69 Å². The van der Waals surface area contributed by atoms with E-state index >= 15 is 0 Å². The number of nitriles is 1. The van der Waals surface area contributed by atoms with Gasteiger partial charge in [-0.05, 0) is 24.3 Å². The Morgan fingerprint density at radius 1 is 1.38 bits per heavy atom. The molecule has 1 aromatic heterocycles. The zero-order valence-corrected chi connectivity index (χ0v) is 10.8. The predicted octanol–water partition coefficient (Wildman–Crippen LogP) is 3.99. The van der Waals surface area contributed by atoms with Crippen molar-refractivity contribution < 1.29 is 0 Å². The molecule has 0 amide bonds. The Morgan fingerprint density at radius 3 is 2.94 bits per heavy atom. The maximum absolute atomic E-state index is 8.70. The lowest BCUT2D eigenvalue weighted by Gasteiger charge is -2.04. The fourth-order valence-electron chi connectivity index (χ4n) is 1.32. The number of halogens is 1. The van der Waals surface area contributed by atoms with Gasteiger partial charge in [-0.25, -0.2) is 0 Å². The first kappa shape index (κ1) is 11.2. The Hall–Kier alpha value is -1.31. The highest BCUT2D eigenvalue weighted by Gasteiger charge is 1.99. The zero-order valence-electron chi connectivity index (χ0n) is 8.40. The van der Waals surface area contributed by atoms with Gasteiger partial charge in [0.05, 0.1) is 5.56 Å². The molecule has 16 heavy (non-hydrogen) atoms. The summed E-state index contributed by atoms with van der Waals surface area (Å²) in [5.41, 5.74) is 1.80. The van der Waals surface area contributed by atoms with E-state index in [9.17, 15) is 0 Å². The summed E-state index contributed by atoms with van der Waals surface area (Å²) in [6.45, 7) is 0.753. The third-order valence-electron chi connectivity index (χ3n) is 2.07. The largest absolute Gasteiger partial charge is 0.380 e. The van der Waals surface area contributed by atoms with Crippen molar-refractivity contribution in [2.75, 3.05) is 5.32 Å². The summed E-state index contributed by atoms with van der Waals surface area (Å²) in [6, 6.07) is 12.1. The SMILES string of the molecule is N#Cc1csc(CNc2cccc(Br)c2)c1. The maximum Gasteiger partial charge on any atom is 0.100 e. The molecule has 0 unspecified atom stereocenters. The zero-order chi connectivity index (χ0) is 11.4. The highest BCUT2D eigenvalue weighted by atomic mass is 79.9.